The summed E-state index contributed by atoms with van der Waals surface area (Å²) in [6, 6.07) is 13.9. The summed E-state index contributed by atoms with van der Waals surface area (Å²) < 4.78 is 39.2. The molecule has 12 heteroatoms. The van der Waals surface area contributed by atoms with Gasteiger partial charge in [0.1, 0.15) is 5.65 Å². The summed E-state index contributed by atoms with van der Waals surface area (Å²) in [5.41, 5.74) is 0.129. The summed E-state index contributed by atoms with van der Waals surface area (Å²) in [4.78, 5) is 50.9. The number of alkyl halides is 3. The normalized spacial score (nSPS) is 12.7. The van der Waals surface area contributed by atoms with Gasteiger partial charge in [-0.05, 0) is 29.3 Å². The Kier molecular flexibility index (Phi) is 5.20. The Labute approximate surface area is 193 Å². The third-order valence-corrected chi connectivity index (χ3v) is 5.37. The molecule has 0 saturated heterocycles. The van der Waals surface area contributed by atoms with Gasteiger partial charge in [0.05, 0.1) is 28.0 Å². The maximum atomic E-state index is 13.1. The standard InChI is InChI=1S/C23H15F3N6O3/c24-23(25,26)21-28-15-7-6-12(9-16(15)29-21)17(11-4-2-1-3-5-11)30-19(33)13-8-14-18(27-10-13)31-22(35)32-20(14)34/h1-10,17H,(H,28,29)(H,30,33)(H2,27,31,32,34,35). The molecule has 5 rings (SSSR count). The first-order valence-corrected chi connectivity index (χ1v) is 10.2. The van der Waals surface area contributed by atoms with Gasteiger partial charge in [-0.1, -0.05) is 36.4 Å². The van der Waals surface area contributed by atoms with Crippen LogP contribution in [-0.4, -0.2) is 30.8 Å². The maximum Gasteiger partial charge on any atom is 0.449 e. The third kappa shape index (κ3) is 4.28. The Morgan fingerprint density at radius 2 is 1.71 bits per heavy atom. The Morgan fingerprint density at radius 1 is 0.943 bits per heavy atom. The van der Waals surface area contributed by atoms with Crippen LogP contribution in [0.25, 0.3) is 22.1 Å². The molecule has 1 atom stereocenters. The van der Waals surface area contributed by atoms with Crippen molar-refractivity contribution in [3.63, 3.8) is 0 Å². The Bertz CT molecular complexity index is 1690. The highest BCUT2D eigenvalue weighted by Gasteiger charge is 2.34. The monoisotopic (exact) mass is 480 g/mol. The fourth-order valence-corrected chi connectivity index (χ4v) is 3.73. The van der Waals surface area contributed by atoms with E-state index in [9.17, 15) is 27.6 Å². The van der Waals surface area contributed by atoms with Gasteiger partial charge < -0.3 is 10.3 Å². The molecular formula is C23H15F3N6O3. The van der Waals surface area contributed by atoms with E-state index >= 15 is 0 Å². The van der Waals surface area contributed by atoms with Crippen molar-refractivity contribution in [2.45, 2.75) is 12.2 Å². The summed E-state index contributed by atoms with van der Waals surface area (Å²) in [7, 11) is 0. The maximum absolute atomic E-state index is 13.1. The number of hydrogen-bond acceptors (Lipinski definition) is 5. The van der Waals surface area contributed by atoms with Crippen LogP contribution < -0.4 is 16.6 Å². The number of carbonyl (C=O) groups excluding carboxylic acids is 1. The second kappa shape index (κ2) is 8.24. The number of aromatic nitrogens is 5. The van der Waals surface area contributed by atoms with Crippen molar-refractivity contribution in [1.82, 2.24) is 30.2 Å². The van der Waals surface area contributed by atoms with Crippen molar-refractivity contribution in [3.8, 4) is 0 Å². The number of nitrogens with one attached hydrogen (secondary N) is 4. The second-order valence-electron chi connectivity index (χ2n) is 7.71. The van der Waals surface area contributed by atoms with Gasteiger partial charge in [-0.15, -0.1) is 0 Å². The highest BCUT2D eigenvalue weighted by Crippen LogP contribution is 2.30. The van der Waals surface area contributed by atoms with E-state index in [0.29, 0.717) is 11.1 Å². The molecule has 5 aromatic rings. The van der Waals surface area contributed by atoms with Crippen molar-refractivity contribution in [1.29, 1.82) is 0 Å². The van der Waals surface area contributed by atoms with Gasteiger partial charge in [-0.3, -0.25) is 19.6 Å². The summed E-state index contributed by atoms with van der Waals surface area (Å²) in [6.45, 7) is 0. The minimum atomic E-state index is -4.63. The van der Waals surface area contributed by atoms with E-state index in [0.717, 1.165) is 0 Å². The zero-order valence-corrected chi connectivity index (χ0v) is 17.6. The second-order valence-corrected chi connectivity index (χ2v) is 7.71. The number of rotatable bonds is 4. The number of pyridine rings is 1. The molecule has 4 N–H and O–H groups in total. The van der Waals surface area contributed by atoms with Gasteiger partial charge in [0, 0.05) is 6.20 Å². The first-order valence-electron chi connectivity index (χ1n) is 10.2. The molecule has 9 nitrogen and oxygen atoms in total. The Morgan fingerprint density at radius 3 is 2.46 bits per heavy atom. The molecule has 0 radical (unpaired) electrons. The largest absolute Gasteiger partial charge is 0.449 e. The van der Waals surface area contributed by atoms with Crippen molar-refractivity contribution >= 4 is 28.0 Å². The molecule has 3 aromatic heterocycles. The van der Waals surface area contributed by atoms with Crippen LogP contribution in [0.5, 0.6) is 0 Å². The van der Waals surface area contributed by atoms with Crippen LogP contribution in [-0.2, 0) is 6.18 Å². The molecule has 0 fully saturated rings. The topological polar surface area (TPSA) is 136 Å². The van der Waals surface area contributed by atoms with Crippen molar-refractivity contribution in [2.24, 2.45) is 0 Å². The molecular weight excluding hydrogens is 465 g/mol. The summed E-state index contributed by atoms with van der Waals surface area (Å²) in [5.74, 6) is -1.70. The summed E-state index contributed by atoms with van der Waals surface area (Å²) in [5, 5.41) is 2.86. The molecule has 0 aliphatic carbocycles. The van der Waals surface area contributed by atoms with Crippen LogP contribution in [0.3, 0.4) is 0 Å². The minimum Gasteiger partial charge on any atom is -0.341 e. The van der Waals surface area contributed by atoms with E-state index < -0.39 is 35.2 Å². The number of benzene rings is 2. The van der Waals surface area contributed by atoms with E-state index in [1.807, 2.05) is 0 Å². The van der Waals surface area contributed by atoms with Gasteiger partial charge >= 0.3 is 11.9 Å². The molecule has 176 valence electrons. The molecule has 1 amide bonds. The number of nitrogens with zero attached hydrogens (tertiary/aromatic N) is 2. The average Bonchev–Trinajstić information content (AvgIpc) is 3.27. The third-order valence-electron chi connectivity index (χ3n) is 5.37. The van der Waals surface area contributed by atoms with Crippen LogP contribution >= 0.6 is 0 Å². The van der Waals surface area contributed by atoms with Gasteiger partial charge in [0.15, 0.2) is 0 Å². The number of imidazole rings is 1. The number of halogens is 3. The van der Waals surface area contributed by atoms with Crippen LogP contribution in [0.1, 0.15) is 33.4 Å². The highest BCUT2D eigenvalue weighted by atomic mass is 19.4. The van der Waals surface area contributed by atoms with Crippen molar-refractivity contribution in [2.75, 3.05) is 0 Å². The number of fused-ring (bicyclic) bond motifs is 2. The molecule has 1 unspecified atom stereocenters. The van der Waals surface area contributed by atoms with Crippen LogP contribution in [0, 0.1) is 0 Å². The van der Waals surface area contributed by atoms with Gasteiger partial charge in [-0.25, -0.2) is 14.8 Å². The predicted molar refractivity (Wildman–Crippen MR) is 120 cm³/mol. The SMILES string of the molecule is O=C(NC(c1ccccc1)c1ccc2nc(C(F)(F)F)[nH]c2c1)c1cnc2[nH]c(=O)[nH]c(=O)c2c1. The molecule has 0 aliphatic heterocycles. The number of aromatic amines is 3. The first kappa shape index (κ1) is 22.1. The molecule has 3 heterocycles. The van der Waals surface area contributed by atoms with Crippen LogP contribution in [0.4, 0.5) is 13.2 Å². The van der Waals surface area contributed by atoms with Crippen LogP contribution in [0.2, 0.25) is 0 Å². The van der Waals surface area contributed by atoms with Crippen molar-refractivity contribution < 1.29 is 18.0 Å². The Hall–Kier alpha value is -4.74. The smallest absolute Gasteiger partial charge is 0.341 e. The van der Waals surface area contributed by atoms with Crippen LogP contribution in [0.15, 0.2) is 70.4 Å². The predicted octanol–water partition coefficient (Wildman–Crippen LogP) is 3.03. The molecule has 0 spiro atoms. The van der Waals surface area contributed by atoms with Gasteiger partial charge in [0.2, 0.25) is 5.82 Å². The molecule has 0 saturated carbocycles. The first-order chi connectivity index (χ1) is 16.7. The number of hydrogen-bond donors (Lipinski definition) is 4. The fraction of sp³-hybridized carbons (Fsp3) is 0.0870. The number of amides is 1. The minimum absolute atomic E-state index is 0.0204. The van der Waals surface area contributed by atoms with E-state index in [4.69, 9.17) is 0 Å². The number of H-pyrrole nitrogens is 3. The lowest BCUT2D eigenvalue weighted by Gasteiger charge is -2.20. The summed E-state index contributed by atoms with van der Waals surface area (Å²) >= 11 is 0. The van der Waals surface area contributed by atoms with E-state index in [-0.39, 0.29) is 27.6 Å². The lowest BCUT2D eigenvalue weighted by Crippen LogP contribution is -2.30. The van der Waals surface area contributed by atoms with Gasteiger partial charge in [-0.2, -0.15) is 13.2 Å². The Balaban J connectivity index is 1.54. The quantitative estimate of drug-likeness (QED) is 0.314. The van der Waals surface area contributed by atoms with E-state index in [1.165, 1.54) is 24.4 Å². The fourth-order valence-electron chi connectivity index (χ4n) is 3.73. The van der Waals surface area contributed by atoms with E-state index in [1.54, 1.807) is 36.4 Å². The highest BCUT2D eigenvalue weighted by molar-refractivity contribution is 5.97. The molecule has 0 bridgehead atoms. The van der Waals surface area contributed by atoms with Crippen molar-refractivity contribution in [3.05, 3.63) is 104 Å². The summed E-state index contributed by atoms with van der Waals surface area (Å²) in [6.07, 6.45) is -3.42. The van der Waals surface area contributed by atoms with Gasteiger partial charge in [0.25, 0.3) is 11.5 Å². The van der Waals surface area contributed by atoms with E-state index in [2.05, 4.69) is 30.2 Å². The molecule has 35 heavy (non-hydrogen) atoms. The lowest BCUT2D eigenvalue weighted by atomic mass is 9.98. The lowest BCUT2D eigenvalue weighted by molar-refractivity contribution is -0.144. The number of carbonyl (C=O) groups is 1. The zero-order chi connectivity index (χ0) is 24.7. The molecule has 2 aromatic carbocycles. The zero-order valence-electron chi connectivity index (χ0n) is 17.6. The average molecular weight is 480 g/mol. The molecule has 0 aliphatic rings.